The smallest absolute Gasteiger partial charge is 0.313 e. The van der Waals surface area contributed by atoms with Crippen molar-refractivity contribution in [2.24, 2.45) is 0 Å². The predicted molar refractivity (Wildman–Crippen MR) is 49.7 cm³/mol. The van der Waals surface area contributed by atoms with Gasteiger partial charge >= 0.3 is 6.01 Å². The molecule has 62 valence electrons. The van der Waals surface area contributed by atoms with Gasteiger partial charge in [-0.25, -0.2) is 0 Å². The van der Waals surface area contributed by atoms with Crippen molar-refractivity contribution in [1.29, 1.82) is 0 Å². The molecule has 2 heterocycles. The summed E-state index contributed by atoms with van der Waals surface area (Å²) in [6.07, 6.45) is 0. The van der Waals surface area contributed by atoms with Crippen molar-refractivity contribution in [3.63, 3.8) is 0 Å². The average molecular weight is 246 g/mol. The van der Waals surface area contributed by atoms with Crippen molar-refractivity contribution >= 4 is 33.3 Å². The van der Waals surface area contributed by atoms with Crippen LogP contribution in [0.15, 0.2) is 19.6 Å². The van der Waals surface area contributed by atoms with E-state index in [0.717, 1.165) is 9.35 Å². The van der Waals surface area contributed by atoms with Gasteiger partial charge in [-0.2, -0.15) is 0 Å². The quantitative estimate of drug-likeness (QED) is 0.837. The summed E-state index contributed by atoms with van der Waals surface area (Å²) in [6, 6.07) is 1.98. The molecule has 0 saturated carbocycles. The van der Waals surface area contributed by atoms with Gasteiger partial charge in [-0.15, -0.1) is 16.4 Å². The van der Waals surface area contributed by atoms with Crippen molar-refractivity contribution in [2.75, 3.05) is 5.73 Å². The highest BCUT2D eigenvalue weighted by Crippen LogP contribution is 2.31. The maximum absolute atomic E-state index is 5.28. The second kappa shape index (κ2) is 2.87. The van der Waals surface area contributed by atoms with Gasteiger partial charge in [0.05, 0.1) is 9.35 Å². The van der Waals surface area contributed by atoms with E-state index in [1.54, 1.807) is 11.3 Å². The van der Waals surface area contributed by atoms with Gasteiger partial charge in [0.1, 0.15) is 0 Å². The number of nitrogens with two attached hydrogens (primary N) is 1. The molecule has 2 rings (SSSR count). The molecule has 0 atom stereocenters. The van der Waals surface area contributed by atoms with Crippen LogP contribution in [0.1, 0.15) is 0 Å². The largest absolute Gasteiger partial charge is 0.403 e. The number of hydrogen-bond donors (Lipinski definition) is 1. The molecule has 0 amide bonds. The molecule has 0 bridgehead atoms. The van der Waals surface area contributed by atoms with Gasteiger partial charge in [0.15, 0.2) is 0 Å². The molecular formula is C6H4BrN3OS. The lowest BCUT2D eigenvalue weighted by molar-refractivity contribution is 0.590. The van der Waals surface area contributed by atoms with Gasteiger partial charge < -0.3 is 10.2 Å². The first kappa shape index (κ1) is 7.75. The van der Waals surface area contributed by atoms with Crippen LogP contribution in [-0.2, 0) is 0 Å². The molecule has 6 heteroatoms. The number of halogens is 1. The number of hydrogen-bond acceptors (Lipinski definition) is 5. The lowest BCUT2D eigenvalue weighted by Gasteiger charge is -1.87. The molecule has 2 N–H and O–H groups in total. The van der Waals surface area contributed by atoms with Crippen molar-refractivity contribution < 1.29 is 4.42 Å². The first-order valence-electron chi connectivity index (χ1n) is 3.09. The lowest BCUT2D eigenvalue weighted by atomic mass is 10.3. The average Bonchev–Trinajstić information content (AvgIpc) is 2.58. The van der Waals surface area contributed by atoms with Crippen molar-refractivity contribution in [1.82, 2.24) is 10.2 Å². The van der Waals surface area contributed by atoms with Crippen LogP contribution in [0.5, 0.6) is 0 Å². The van der Waals surface area contributed by atoms with Gasteiger partial charge in [0, 0.05) is 0 Å². The van der Waals surface area contributed by atoms with Crippen LogP contribution in [0, 0.1) is 0 Å². The van der Waals surface area contributed by atoms with Crippen LogP contribution in [-0.4, -0.2) is 10.2 Å². The molecule has 0 spiro atoms. The summed E-state index contributed by atoms with van der Waals surface area (Å²) < 4.78 is 6.00. The van der Waals surface area contributed by atoms with Gasteiger partial charge in [0.25, 0.3) is 5.89 Å². The Labute approximate surface area is 80.5 Å². The third kappa shape index (κ3) is 1.23. The second-order valence-electron chi connectivity index (χ2n) is 2.05. The monoisotopic (exact) mass is 245 g/mol. The third-order valence-electron chi connectivity index (χ3n) is 1.29. The fourth-order valence-corrected chi connectivity index (χ4v) is 2.02. The molecule has 2 aromatic heterocycles. The van der Waals surface area contributed by atoms with E-state index in [-0.39, 0.29) is 6.01 Å². The highest BCUT2D eigenvalue weighted by atomic mass is 79.9. The number of aromatic nitrogens is 2. The molecule has 0 aliphatic heterocycles. The predicted octanol–water partition coefficient (Wildman–Crippen LogP) is 2.14. The number of anilines is 1. The molecule has 0 aromatic carbocycles. The Hall–Kier alpha value is -0.880. The Morgan fingerprint density at radius 2 is 2.33 bits per heavy atom. The molecule has 2 aromatic rings. The van der Waals surface area contributed by atoms with E-state index in [1.165, 1.54) is 0 Å². The highest BCUT2D eigenvalue weighted by molar-refractivity contribution is 9.11. The minimum absolute atomic E-state index is 0.0862. The summed E-state index contributed by atoms with van der Waals surface area (Å²) in [4.78, 5) is 0. The number of nitrogens with zero attached hydrogens (tertiary/aromatic N) is 2. The first-order valence-corrected chi connectivity index (χ1v) is 4.77. The van der Waals surface area contributed by atoms with Gasteiger partial charge in [-0.1, -0.05) is 5.10 Å². The van der Waals surface area contributed by atoms with E-state index in [1.807, 2.05) is 11.4 Å². The minimum Gasteiger partial charge on any atom is -0.403 e. The topological polar surface area (TPSA) is 64.9 Å². The summed E-state index contributed by atoms with van der Waals surface area (Å²) in [5.41, 5.74) is 6.16. The van der Waals surface area contributed by atoms with Crippen LogP contribution in [0.4, 0.5) is 6.01 Å². The normalized spacial score (nSPS) is 10.4. The van der Waals surface area contributed by atoms with E-state index in [2.05, 4.69) is 26.1 Å². The third-order valence-corrected chi connectivity index (χ3v) is 2.98. The fraction of sp³-hybridized carbons (Fsp3) is 0. The van der Waals surface area contributed by atoms with E-state index < -0.39 is 0 Å². The SMILES string of the molecule is Nc1nnc(-c2ccsc2Br)o1. The van der Waals surface area contributed by atoms with Crippen LogP contribution in [0.25, 0.3) is 11.5 Å². The van der Waals surface area contributed by atoms with Crippen LogP contribution >= 0.6 is 27.3 Å². The van der Waals surface area contributed by atoms with Gasteiger partial charge in [0.2, 0.25) is 0 Å². The lowest BCUT2D eigenvalue weighted by Crippen LogP contribution is -1.81. The Balaban J connectivity index is 2.50. The molecule has 12 heavy (non-hydrogen) atoms. The first-order chi connectivity index (χ1) is 5.77. The molecule has 0 saturated heterocycles. The number of nitrogen functional groups attached to an aromatic ring is 1. The number of rotatable bonds is 1. The van der Waals surface area contributed by atoms with Gasteiger partial charge in [-0.3, -0.25) is 0 Å². The van der Waals surface area contributed by atoms with E-state index in [0.29, 0.717) is 5.89 Å². The Bertz CT molecular complexity index is 397. The van der Waals surface area contributed by atoms with E-state index in [4.69, 9.17) is 10.2 Å². The maximum atomic E-state index is 5.28. The van der Waals surface area contributed by atoms with Crippen LogP contribution in [0.2, 0.25) is 0 Å². The van der Waals surface area contributed by atoms with Crippen LogP contribution < -0.4 is 5.73 Å². The molecule has 0 aliphatic rings. The van der Waals surface area contributed by atoms with Crippen molar-refractivity contribution in [2.45, 2.75) is 0 Å². The summed E-state index contributed by atoms with van der Waals surface area (Å²) in [6.45, 7) is 0. The summed E-state index contributed by atoms with van der Waals surface area (Å²) in [7, 11) is 0. The van der Waals surface area contributed by atoms with E-state index in [9.17, 15) is 0 Å². The Morgan fingerprint density at radius 3 is 2.83 bits per heavy atom. The Kier molecular flexibility index (Phi) is 1.86. The molecule has 0 unspecified atom stereocenters. The second-order valence-corrected chi connectivity index (χ2v) is 4.29. The van der Waals surface area contributed by atoms with Gasteiger partial charge in [-0.05, 0) is 27.4 Å². The molecule has 0 fully saturated rings. The zero-order valence-electron chi connectivity index (χ0n) is 5.82. The minimum atomic E-state index is 0.0862. The van der Waals surface area contributed by atoms with E-state index >= 15 is 0 Å². The molecule has 0 radical (unpaired) electrons. The maximum Gasteiger partial charge on any atom is 0.313 e. The van der Waals surface area contributed by atoms with Crippen molar-refractivity contribution in [3.8, 4) is 11.5 Å². The number of thiophene rings is 1. The molecule has 0 aliphatic carbocycles. The fourth-order valence-electron chi connectivity index (χ4n) is 0.790. The Morgan fingerprint density at radius 1 is 1.50 bits per heavy atom. The molecule has 4 nitrogen and oxygen atoms in total. The highest BCUT2D eigenvalue weighted by Gasteiger charge is 2.10. The summed E-state index contributed by atoms with van der Waals surface area (Å²) in [5.74, 6) is 0.445. The standard InChI is InChI=1S/C6H4BrN3OS/c7-4-3(1-2-12-4)5-9-10-6(8)11-5/h1-2H,(H2,8,10). The zero-order chi connectivity index (χ0) is 8.55. The zero-order valence-corrected chi connectivity index (χ0v) is 8.22. The van der Waals surface area contributed by atoms with Crippen LogP contribution in [0.3, 0.4) is 0 Å². The summed E-state index contributed by atoms with van der Waals surface area (Å²) >= 11 is 4.92. The summed E-state index contributed by atoms with van der Waals surface area (Å²) in [5, 5.41) is 9.24. The molecular weight excluding hydrogens is 242 g/mol. The van der Waals surface area contributed by atoms with Crippen molar-refractivity contribution in [3.05, 3.63) is 15.2 Å².